The van der Waals surface area contributed by atoms with Gasteiger partial charge in [0.25, 0.3) is 0 Å². The Labute approximate surface area is 93.9 Å². The molecule has 0 N–H and O–H groups in total. The van der Waals surface area contributed by atoms with Crippen molar-refractivity contribution >= 4 is 19.6 Å². The van der Waals surface area contributed by atoms with Gasteiger partial charge in [-0.3, -0.25) is 0 Å². The van der Waals surface area contributed by atoms with Gasteiger partial charge in [-0.25, -0.2) is 0 Å². The van der Waals surface area contributed by atoms with Crippen LogP contribution >= 0.6 is 0 Å². The van der Waals surface area contributed by atoms with E-state index >= 15 is 0 Å². The fourth-order valence-corrected chi connectivity index (χ4v) is 4.56. The van der Waals surface area contributed by atoms with Gasteiger partial charge < -0.3 is 4.43 Å². The molecule has 0 aliphatic rings. The molecule has 0 aromatic heterocycles. The third-order valence-electron chi connectivity index (χ3n) is 2.36. The highest BCUT2D eigenvalue weighted by molar-refractivity contribution is 6.85. The van der Waals surface area contributed by atoms with E-state index in [9.17, 15) is 0 Å². The Bertz CT molecular complexity index is 342. The SMILES string of the molecule is C=Cc1ccccc1[Si](C)(C)OC(C)C. The standard InChI is InChI=1S/C13H20OSi/c1-6-12-9-7-8-10-13(12)15(4,5)14-11(2)3/h6-11H,1H2,2-5H3. The van der Waals surface area contributed by atoms with E-state index in [1.807, 2.05) is 12.1 Å². The predicted molar refractivity (Wildman–Crippen MR) is 69.9 cm³/mol. The zero-order valence-electron chi connectivity index (χ0n) is 10.1. The van der Waals surface area contributed by atoms with E-state index in [1.165, 1.54) is 10.8 Å². The summed E-state index contributed by atoms with van der Waals surface area (Å²) in [7, 11) is -1.78. The summed E-state index contributed by atoms with van der Waals surface area (Å²) in [6.45, 7) is 12.5. The van der Waals surface area contributed by atoms with Gasteiger partial charge in [0, 0.05) is 6.10 Å². The van der Waals surface area contributed by atoms with Gasteiger partial charge in [-0.05, 0) is 37.7 Å². The van der Waals surface area contributed by atoms with E-state index in [0.29, 0.717) is 0 Å². The Kier molecular flexibility index (Phi) is 3.88. The first-order chi connectivity index (χ1) is 6.97. The molecule has 1 nitrogen and oxygen atoms in total. The van der Waals surface area contributed by atoms with Crippen molar-refractivity contribution in [1.29, 1.82) is 0 Å². The molecule has 0 aliphatic heterocycles. The normalized spacial score (nSPS) is 11.8. The first-order valence-corrected chi connectivity index (χ1v) is 8.28. The fraction of sp³-hybridized carbons (Fsp3) is 0.385. The first-order valence-electron chi connectivity index (χ1n) is 5.37. The molecule has 2 heteroatoms. The molecule has 0 radical (unpaired) electrons. The molecule has 82 valence electrons. The maximum absolute atomic E-state index is 6.06. The maximum atomic E-state index is 6.06. The minimum Gasteiger partial charge on any atom is -0.411 e. The van der Waals surface area contributed by atoms with E-state index in [4.69, 9.17) is 4.43 Å². The molecule has 1 aromatic carbocycles. The lowest BCUT2D eigenvalue weighted by atomic mass is 10.2. The summed E-state index contributed by atoms with van der Waals surface area (Å²) in [5, 5.41) is 1.33. The summed E-state index contributed by atoms with van der Waals surface area (Å²) >= 11 is 0. The van der Waals surface area contributed by atoms with Crippen LogP contribution in [0.1, 0.15) is 19.4 Å². The minimum atomic E-state index is -1.78. The van der Waals surface area contributed by atoms with Crippen LogP contribution in [0.5, 0.6) is 0 Å². The molecule has 0 fully saturated rings. The van der Waals surface area contributed by atoms with Gasteiger partial charge in [-0.1, -0.05) is 36.9 Å². The molecule has 0 spiro atoms. The van der Waals surface area contributed by atoms with E-state index < -0.39 is 8.32 Å². The lowest BCUT2D eigenvalue weighted by molar-refractivity contribution is 0.238. The van der Waals surface area contributed by atoms with Crippen molar-refractivity contribution in [3.63, 3.8) is 0 Å². The van der Waals surface area contributed by atoms with Crippen LogP contribution in [0.3, 0.4) is 0 Å². The Morgan fingerprint density at radius 1 is 1.27 bits per heavy atom. The quantitative estimate of drug-likeness (QED) is 0.708. The van der Waals surface area contributed by atoms with Crippen LogP contribution in [-0.2, 0) is 4.43 Å². The van der Waals surface area contributed by atoms with Crippen molar-refractivity contribution in [1.82, 2.24) is 0 Å². The molecule has 0 amide bonds. The van der Waals surface area contributed by atoms with Gasteiger partial charge >= 0.3 is 0 Å². The topological polar surface area (TPSA) is 9.23 Å². The lowest BCUT2D eigenvalue weighted by Crippen LogP contribution is -2.47. The van der Waals surface area contributed by atoms with Crippen molar-refractivity contribution < 1.29 is 4.43 Å². The van der Waals surface area contributed by atoms with Crippen molar-refractivity contribution in [2.75, 3.05) is 0 Å². The van der Waals surface area contributed by atoms with Crippen LogP contribution in [0.2, 0.25) is 13.1 Å². The second-order valence-electron chi connectivity index (χ2n) is 4.47. The molecule has 0 aliphatic carbocycles. The van der Waals surface area contributed by atoms with Crippen molar-refractivity contribution in [2.45, 2.75) is 33.0 Å². The average molecular weight is 220 g/mol. The molecular weight excluding hydrogens is 200 g/mol. The van der Waals surface area contributed by atoms with Gasteiger partial charge in [0.05, 0.1) is 0 Å². The highest BCUT2D eigenvalue weighted by Crippen LogP contribution is 2.12. The Balaban J connectivity index is 3.08. The number of hydrogen-bond acceptors (Lipinski definition) is 1. The minimum absolute atomic E-state index is 0.282. The van der Waals surface area contributed by atoms with Crippen molar-refractivity contribution in [3.8, 4) is 0 Å². The molecule has 0 saturated heterocycles. The second kappa shape index (κ2) is 4.77. The molecular formula is C13H20OSi. The fourth-order valence-electron chi connectivity index (χ4n) is 1.88. The summed E-state index contributed by atoms with van der Waals surface area (Å²) in [5.74, 6) is 0. The molecule has 15 heavy (non-hydrogen) atoms. The molecule has 0 atom stereocenters. The maximum Gasteiger partial charge on any atom is 0.219 e. The summed E-state index contributed by atoms with van der Waals surface area (Å²) in [6, 6.07) is 8.37. The number of hydrogen-bond donors (Lipinski definition) is 0. The first kappa shape index (κ1) is 12.2. The zero-order chi connectivity index (χ0) is 11.5. The van der Waals surface area contributed by atoms with Crippen LogP contribution in [0.15, 0.2) is 30.8 Å². The van der Waals surface area contributed by atoms with Crippen molar-refractivity contribution in [2.24, 2.45) is 0 Å². The third kappa shape index (κ3) is 3.04. The average Bonchev–Trinajstić information content (AvgIpc) is 2.16. The highest BCUT2D eigenvalue weighted by Gasteiger charge is 2.28. The summed E-state index contributed by atoms with van der Waals surface area (Å²) in [5.41, 5.74) is 1.20. The smallest absolute Gasteiger partial charge is 0.219 e. The lowest BCUT2D eigenvalue weighted by Gasteiger charge is -2.27. The van der Waals surface area contributed by atoms with E-state index in [1.54, 1.807) is 0 Å². The van der Waals surface area contributed by atoms with E-state index in [0.717, 1.165) is 0 Å². The molecule has 1 rings (SSSR count). The van der Waals surface area contributed by atoms with Crippen LogP contribution in [0.4, 0.5) is 0 Å². The van der Waals surface area contributed by atoms with Crippen LogP contribution < -0.4 is 5.19 Å². The van der Waals surface area contributed by atoms with Gasteiger partial charge in [0.15, 0.2) is 0 Å². The summed E-state index contributed by atoms with van der Waals surface area (Å²) < 4.78 is 6.06. The second-order valence-corrected chi connectivity index (χ2v) is 8.26. The third-order valence-corrected chi connectivity index (χ3v) is 5.17. The predicted octanol–water partition coefficient (Wildman–Crippen LogP) is 3.17. The Morgan fingerprint density at radius 2 is 1.87 bits per heavy atom. The van der Waals surface area contributed by atoms with Gasteiger partial charge in [0.1, 0.15) is 0 Å². The van der Waals surface area contributed by atoms with Gasteiger partial charge in [0.2, 0.25) is 8.32 Å². The summed E-state index contributed by atoms with van der Waals surface area (Å²) in [6.07, 6.45) is 2.19. The monoisotopic (exact) mass is 220 g/mol. The molecule has 0 heterocycles. The number of rotatable bonds is 4. The van der Waals surface area contributed by atoms with Gasteiger partial charge in [-0.2, -0.15) is 0 Å². The van der Waals surface area contributed by atoms with Gasteiger partial charge in [-0.15, -0.1) is 0 Å². The Morgan fingerprint density at radius 3 is 2.40 bits per heavy atom. The van der Waals surface area contributed by atoms with Crippen LogP contribution in [0.25, 0.3) is 6.08 Å². The number of benzene rings is 1. The molecule has 0 saturated carbocycles. The molecule has 0 bridgehead atoms. The van der Waals surface area contributed by atoms with E-state index in [-0.39, 0.29) is 6.10 Å². The molecule has 1 aromatic rings. The Hall–Kier alpha value is -0.863. The summed E-state index contributed by atoms with van der Waals surface area (Å²) in [4.78, 5) is 0. The van der Waals surface area contributed by atoms with E-state index in [2.05, 4.69) is 51.7 Å². The highest BCUT2D eigenvalue weighted by atomic mass is 28.4. The van der Waals surface area contributed by atoms with Crippen LogP contribution in [0, 0.1) is 0 Å². The zero-order valence-corrected chi connectivity index (χ0v) is 11.1. The van der Waals surface area contributed by atoms with Crippen molar-refractivity contribution in [3.05, 3.63) is 36.4 Å². The largest absolute Gasteiger partial charge is 0.411 e. The van der Waals surface area contributed by atoms with Crippen LogP contribution in [-0.4, -0.2) is 14.4 Å². The molecule has 0 unspecified atom stereocenters.